The summed E-state index contributed by atoms with van der Waals surface area (Å²) in [5.74, 6) is -3.71. The van der Waals surface area contributed by atoms with Crippen LogP contribution in [0.25, 0.3) is 11.3 Å². The highest BCUT2D eigenvalue weighted by Crippen LogP contribution is 2.42. The number of nitrogens with one attached hydrogen (secondary N) is 3. The van der Waals surface area contributed by atoms with Crippen molar-refractivity contribution in [1.82, 2.24) is 15.6 Å². The monoisotopic (exact) mass is 621 g/mol. The van der Waals surface area contributed by atoms with Crippen molar-refractivity contribution in [2.24, 2.45) is 5.73 Å². The molecular formula is C29H28F5N5O5. The Morgan fingerprint density at radius 1 is 1.07 bits per heavy atom. The van der Waals surface area contributed by atoms with E-state index in [9.17, 15) is 41.4 Å². The number of halogens is 5. The number of anilines is 1. The van der Waals surface area contributed by atoms with E-state index in [1.165, 1.54) is 12.1 Å². The van der Waals surface area contributed by atoms with Crippen LogP contribution in [0.1, 0.15) is 41.4 Å². The van der Waals surface area contributed by atoms with Crippen LogP contribution in [0, 0.1) is 11.6 Å². The lowest BCUT2D eigenvalue weighted by Crippen LogP contribution is -2.51. The molecule has 234 valence electrons. The molecule has 4 rings (SSSR count). The van der Waals surface area contributed by atoms with Gasteiger partial charge >= 0.3 is 12.2 Å². The first-order valence-corrected chi connectivity index (χ1v) is 13.4. The summed E-state index contributed by atoms with van der Waals surface area (Å²) >= 11 is 0. The van der Waals surface area contributed by atoms with Gasteiger partial charge in [0.2, 0.25) is 11.5 Å². The van der Waals surface area contributed by atoms with Gasteiger partial charge in [-0.3, -0.25) is 9.59 Å². The third-order valence-electron chi connectivity index (χ3n) is 6.61. The number of hydrogen-bond donors (Lipinski definition) is 5. The minimum atomic E-state index is -5.43. The highest BCUT2D eigenvalue weighted by molar-refractivity contribution is 5.97. The van der Waals surface area contributed by atoms with Crippen molar-refractivity contribution in [3.05, 3.63) is 77.0 Å². The highest BCUT2D eigenvalue weighted by atomic mass is 19.4. The van der Waals surface area contributed by atoms with Crippen LogP contribution in [-0.4, -0.2) is 53.3 Å². The number of nitrogens with zero attached hydrogens (tertiary/aromatic N) is 1. The number of benzene rings is 2. The maximum Gasteiger partial charge on any atom is 0.424 e. The molecule has 1 atom stereocenters. The first-order valence-electron chi connectivity index (χ1n) is 13.4. The summed E-state index contributed by atoms with van der Waals surface area (Å²) in [7, 11) is 0. The zero-order valence-corrected chi connectivity index (χ0v) is 23.2. The summed E-state index contributed by atoms with van der Waals surface area (Å²) in [6, 6.07) is 7.28. The molecule has 0 aliphatic heterocycles. The number of ether oxygens (including phenoxy) is 1. The third-order valence-corrected chi connectivity index (χ3v) is 6.61. The zero-order chi connectivity index (χ0) is 32.2. The van der Waals surface area contributed by atoms with Crippen molar-refractivity contribution in [3.63, 3.8) is 0 Å². The van der Waals surface area contributed by atoms with Gasteiger partial charge in [-0.25, -0.2) is 18.6 Å². The van der Waals surface area contributed by atoms with E-state index in [-0.39, 0.29) is 40.8 Å². The summed E-state index contributed by atoms with van der Waals surface area (Å²) in [6.07, 6.45) is -4.50. The largest absolute Gasteiger partial charge is 0.491 e. The normalized spacial score (nSPS) is 14.3. The number of carbonyl (C=O) groups excluding carboxylic acids is 3. The van der Waals surface area contributed by atoms with Gasteiger partial charge in [0, 0.05) is 22.7 Å². The molecule has 4 amide bonds. The lowest BCUT2D eigenvalue weighted by Gasteiger charge is -2.31. The molecule has 0 radical (unpaired) electrons. The van der Waals surface area contributed by atoms with E-state index in [0.717, 1.165) is 49.2 Å². The Morgan fingerprint density at radius 3 is 2.34 bits per heavy atom. The van der Waals surface area contributed by atoms with Gasteiger partial charge in [-0.15, -0.1) is 0 Å². The van der Waals surface area contributed by atoms with Gasteiger partial charge in [-0.1, -0.05) is 0 Å². The van der Waals surface area contributed by atoms with E-state index in [1.54, 1.807) is 6.92 Å². The molecule has 1 fully saturated rings. The average Bonchev–Trinajstić information content (AvgIpc) is 3.77. The fourth-order valence-corrected chi connectivity index (χ4v) is 4.21. The van der Waals surface area contributed by atoms with Crippen LogP contribution >= 0.6 is 0 Å². The smallest absolute Gasteiger partial charge is 0.424 e. The maximum atomic E-state index is 14.5. The van der Waals surface area contributed by atoms with Crippen molar-refractivity contribution in [1.29, 1.82) is 0 Å². The minimum Gasteiger partial charge on any atom is -0.491 e. The molecular weight excluding hydrogens is 593 g/mol. The summed E-state index contributed by atoms with van der Waals surface area (Å²) in [5.41, 5.74) is -0.503. The average molecular weight is 622 g/mol. The van der Waals surface area contributed by atoms with E-state index in [4.69, 9.17) is 10.5 Å². The van der Waals surface area contributed by atoms with Crippen LogP contribution in [0.4, 0.5) is 32.4 Å². The topological polar surface area (TPSA) is 156 Å². The number of primary amides is 1. The lowest BCUT2D eigenvalue weighted by atomic mass is 9.93. The molecule has 10 nitrogen and oxygen atoms in total. The van der Waals surface area contributed by atoms with E-state index < -0.39 is 65.6 Å². The molecule has 1 saturated carbocycles. The standard InChI is InChI=1S/C29H28F5N5O5/c1-2-44-25-17(13-23(35)40)12-22(39-24(25)15-3-6-18(30)7-4-15)28(43,29(32,33)34)14-36-26(41)16-5-10-20(31)21(11-16)38-27(42)37-19-8-9-19/h3-7,10-12,19,43H,2,8-9,13-14H2,1H3,(H2,35,40)(H,36,41)(H2,37,38,42)/t28-/m0/s1. The molecule has 1 heterocycles. The molecule has 6 N–H and O–H groups in total. The van der Waals surface area contributed by atoms with E-state index in [0.29, 0.717) is 0 Å². The number of nitrogens with two attached hydrogens (primary N) is 1. The molecule has 0 spiro atoms. The molecule has 2 aromatic carbocycles. The number of hydrogen-bond acceptors (Lipinski definition) is 6. The van der Waals surface area contributed by atoms with Crippen LogP contribution in [0.2, 0.25) is 0 Å². The van der Waals surface area contributed by atoms with Crippen molar-refractivity contribution < 1.29 is 46.2 Å². The second kappa shape index (κ2) is 12.8. The molecule has 0 bridgehead atoms. The predicted octanol–water partition coefficient (Wildman–Crippen LogP) is 3.92. The number of amides is 4. The van der Waals surface area contributed by atoms with Gasteiger partial charge in [0.1, 0.15) is 23.1 Å². The van der Waals surface area contributed by atoms with Gasteiger partial charge in [0.25, 0.3) is 5.91 Å². The Labute approximate surface area is 247 Å². The van der Waals surface area contributed by atoms with Gasteiger partial charge < -0.3 is 31.5 Å². The quantitative estimate of drug-likeness (QED) is 0.205. The fourth-order valence-electron chi connectivity index (χ4n) is 4.21. The predicted molar refractivity (Wildman–Crippen MR) is 148 cm³/mol. The summed E-state index contributed by atoms with van der Waals surface area (Å²) in [6.45, 7) is 0.128. The number of carbonyl (C=O) groups is 3. The molecule has 1 aliphatic carbocycles. The second-order valence-electron chi connectivity index (χ2n) is 10.0. The van der Waals surface area contributed by atoms with Crippen molar-refractivity contribution >= 4 is 23.5 Å². The Kier molecular flexibility index (Phi) is 9.37. The summed E-state index contributed by atoms with van der Waals surface area (Å²) < 4.78 is 77.0. The molecule has 1 aromatic heterocycles. The van der Waals surface area contributed by atoms with Crippen molar-refractivity contribution in [3.8, 4) is 17.0 Å². The van der Waals surface area contributed by atoms with Gasteiger partial charge in [0.05, 0.1) is 31.0 Å². The first-order chi connectivity index (χ1) is 20.7. The summed E-state index contributed by atoms with van der Waals surface area (Å²) in [4.78, 5) is 40.7. The number of urea groups is 1. The molecule has 0 saturated heterocycles. The first kappa shape index (κ1) is 32.1. The van der Waals surface area contributed by atoms with Crippen molar-refractivity contribution in [2.75, 3.05) is 18.5 Å². The third kappa shape index (κ3) is 7.40. The Morgan fingerprint density at radius 2 is 1.75 bits per heavy atom. The molecule has 0 unspecified atom stereocenters. The van der Waals surface area contributed by atoms with Gasteiger partial charge in [-0.2, -0.15) is 13.2 Å². The zero-order valence-electron chi connectivity index (χ0n) is 23.2. The Bertz CT molecular complexity index is 1560. The summed E-state index contributed by atoms with van der Waals surface area (Å²) in [5, 5.41) is 17.9. The number of pyridine rings is 1. The Balaban J connectivity index is 1.70. The van der Waals surface area contributed by atoms with Crippen LogP contribution in [0.3, 0.4) is 0 Å². The van der Waals surface area contributed by atoms with Crippen LogP contribution < -0.4 is 26.4 Å². The van der Waals surface area contributed by atoms with Gasteiger partial charge in [-0.05, 0) is 68.3 Å². The fraction of sp³-hybridized carbons (Fsp3) is 0.310. The second-order valence-corrected chi connectivity index (χ2v) is 10.0. The molecule has 3 aromatic rings. The lowest BCUT2D eigenvalue weighted by molar-refractivity contribution is -0.265. The number of alkyl halides is 3. The highest BCUT2D eigenvalue weighted by Gasteiger charge is 2.56. The van der Waals surface area contributed by atoms with E-state index >= 15 is 0 Å². The maximum absolute atomic E-state index is 14.5. The minimum absolute atomic E-state index is 0.0112. The SMILES string of the molecule is CCOc1c(CC(N)=O)cc([C@@](O)(CNC(=O)c2ccc(F)c(NC(=O)NC3CC3)c2)C(F)(F)F)nc1-c1ccc(F)cc1. The Hall–Kier alpha value is -4.79. The molecule has 44 heavy (non-hydrogen) atoms. The van der Waals surface area contributed by atoms with E-state index in [2.05, 4.69) is 15.6 Å². The van der Waals surface area contributed by atoms with Gasteiger partial charge in [0.15, 0.2) is 0 Å². The van der Waals surface area contributed by atoms with Crippen LogP contribution in [0.5, 0.6) is 5.75 Å². The van der Waals surface area contributed by atoms with Crippen LogP contribution in [-0.2, 0) is 16.8 Å². The van der Waals surface area contributed by atoms with E-state index in [1.807, 2.05) is 5.32 Å². The number of rotatable bonds is 11. The van der Waals surface area contributed by atoms with Crippen molar-refractivity contribution in [2.45, 2.75) is 44.0 Å². The molecule has 15 heteroatoms. The number of aromatic nitrogens is 1. The number of aliphatic hydroxyl groups is 1. The van der Waals surface area contributed by atoms with Crippen LogP contribution in [0.15, 0.2) is 48.5 Å². The molecule has 1 aliphatic rings.